The second kappa shape index (κ2) is 3.11. The second-order valence-electron chi connectivity index (χ2n) is 4.62. The van der Waals surface area contributed by atoms with Crippen LogP contribution in [0.15, 0.2) is 23.9 Å². The smallest absolute Gasteiger partial charge is 0.0392 e. The first kappa shape index (κ1) is 8.98. The van der Waals surface area contributed by atoms with E-state index in [0.717, 1.165) is 30.5 Å². The third kappa shape index (κ3) is 1.18. The van der Waals surface area contributed by atoms with E-state index in [-0.39, 0.29) is 0 Å². The lowest BCUT2D eigenvalue weighted by Gasteiger charge is -2.38. The summed E-state index contributed by atoms with van der Waals surface area (Å²) in [7, 11) is 0. The van der Waals surface area contributed by atoms with Gasteiger partial charge in [0.2, 0.25) is 0 Å². The molecule has 0 aromatic heterocycles. The first-order valence-corrected chi connectivity index (χ1v) is 6.19. The molecule has 3 rings (SSSR count). The van der Waals surface area contributed by atoms with Crippen LogP contribution in [-0.2, 0) is 0 Å². The fourth-order valence-corrected chi connectivity index (χ4v) is 3.88. The van der Waals surface area contributed by atoms with Crippen molar-refractivity contribution in [3.05, 3.63) is 23.9 Å². The lowest BCUT2D eigenvalue weighted by molar-refractivity contribution is 0.278. The highest BCUT2D eigenvalue weighted by Gasteiger charge is 2.45. The summed E-state index contributed by atoms with van der Waals surface area (Å²) in [5.41, 5.74) is 7.06. The molecule has 76 valence electrons. The average Bonchev–Trinajstić information content (AvgIpc) is 2.55. The largest absolute Gasteiger partial charge is 0.402 e. The molecule has 1 aliphatic heterocycles. The van der Waals surface area contributed by atoms with Gasteiger partial charge >= 0.3 is 0 Å². The van der Waals surface area contributed by atoms with Crippen molar-refractivity contribution in [1.29, 1.82) is 0 Å². The maximum absolute atomic E-state index is 5.98. The zero-order valence-corrected chi connectivity index (χ0v) is 9.57. The van der Waals surface area contributed by atoms with Crippen LogP contribution in [0, 0.1) is 17.8 Å². The van der Waals surface area contributed by atoms with Crippen molar-refractivity contribution in [2.45, 2.75) is 17.3 Å². The molecule has 5 atom stereocenters. The Labute approximate surface area is 92.7 Å². The fourth-order valence-electron chi connectivity index (χ4n) is 3.20. The zero-order chi connectivity index (χ0) is 9.71. The number of hydrogen-bond acceptors (Lipinski definition) is 2. The maximum Gasteiger partial charge on any atom is 0.0392 e. The SMILES string of the molecule is NC1=CC2C(Br)C=CC3NCC(C1)C32. The van der Waals surface area contributed by atoms with Crippen LogP contribution in [0.1, 0.15) is 6.42 Å². The van der Waals surface area contributed by atoms with Gasteiger partial charge in [-0.2, -0.15) is 0 Å². The van der Waals surface area contributed by atoms with E-state index in [4.69, 9.17) is 5.73 Å². The Hall–Kier alpha value is -0.280. The molecule has 1 saturated heterocycles. The molecular formula is C11H15BrN2. The van der Waals surface area contributed by atoms with Gasteiger partial charge in [-0.1, -0.05) is 34.2 Å². The number of alkyl halides is 1. The topological polar surface area (TPSA) is 38.0 Å². The normalized spacial score (nSPS) is 50.1. The highest BCUT2D eigenvalue weighted by atomic mass is 79.9. The zero-order valence-electron chi connectivity index (χ0n) is 7.99. The van der Waals surface area contributed by atoms with E-state index in [2.05, 4.69) is 39.5 Å². The Morgan fingerprint density at radius 1 is 1.43 bits per heavy atom. The minimum Gasteiger partial charge on any atom is -0.402 e. The van der Waals surface area contributed by atoms with Crippen LogP contribution in [-0.4, -0.2) is 17.4 Å². The van der Waals surface area contributed by atoms with Gasteiger partial charge in [0, 0.05) is 16.6 Å². The Balaban J connectivity index is 2.01. The molecule has 2 aliphatic carbocycles. The molecule has 3 N–H and O–H groups in total. The lowest BCUT2D eigenvalue weighted by atomic mass is 9.70. The molecule has 0 bridgehead atoms. The third-order valence-corrected chi connectivity index (χ3v) is 4.71. The van der Waals surface area contributed by atoms with Gasteiger partial charge < -0.3 is 11.1 Å². The minimum atomic E-state index is 0.477. The number of allylic oxidation sites excluding steroid dienone is 3. The van der Waals surface area contributed by atoms with Crippen LogP contribution in [0.5, 0.6) is 0 Å². The van der Waals surface area contributed by atoms with Crippen molar-refractivity contribution >= 4 is 15.9 Å². The molecule has 14 heavy (non-hydrogen) atoms. The van der Waals surface area contributed by atoms with Gasteiger partial charge in [-0.05, 0) is 30.7 Å². The van der Waals surface area contributed by atoms with Crippen molar-refractivity contribution in [3.63, 3.8) is 0 Å². The van der Waals surface area contributed by atoms with Crippen molar-refractivity contribution in [1.82, 2.24) is 5.32 Å². The van der Waals surface area contributed by atoms with Crippen molar-refractivity contribution in [2.24, 2.45) is 23.5 Å². The van der Waals surface area contributed by atoms with E-state index < -0.39 is 0 Å². The number of nitrogens with two attached hydrogens (primary N) is 1. The third-order valence-electron chi connectivity index (χ3n) is 3.79. The quantitative estimate of drug-likeness (QED) is 0.507. The molecule has 3 aliphatic rings. The molecule has 0 amide bonds. The minimum absolute atomic E-state index is 0.477. The van der Waals surface area contributed by atoms with Crippen LogP contribution in [0.2, 0.25) is 0 Å². The van der Waals surface area contributed by atoms with E-state index in [0.29, 0.717) is 16.8 Å². The van der Waals surface area contributed by atoms with Gasteiger partial charge in [-0.3, -0.25) is 0 Å². The van der Waals surface area contributed by atoms with Gasteiger partial charge in [-0.25, -0.2) is 0 Å². The molecule has 0 aromatic carbocycles. The molecule has 5 unspecified atom stereocenters. The van der Waals surface area contributed by atoms with Crippen LogP contribution >= 0.6 is 15.9 Å². The Bertz CT molecular complexity index is 310. The van der Waals surface area contributed by atoms with E-state index in [9.17, 15) is 0 Å². The summed E-state index contributed by atoms with van der Waals surface area (Å²) in [5.74, 6) is 2.11. The molecule has 0 aromatic rings. The Morgan fingerprint density at radius 3 is 3.14 bits per heavy atom. The van der Waals surface area contributed by atoms with Crippen molar-refractivity contribution in [3.8, 4) is 0 Å². The average molecular weight is 255 g/mol. The summed E-state index contributed by atoms with van der Waals surface area (Å²) in [4.78, 5) is 0.477. The van der Waals surface area contributed by atoms with Gasteiger partial charge in [0.25, 0.3) is 0 Å². The molecule has 1 fully saturated rings. The molecule has 2 nitrogen and oxygen atoms in total. The Morgan fingerprint density at radius 2 is 2.29 bits per heavy atom. The summed E-state index contributed by atoms with van der Waals surface area (Å²) in [5, 5.41) is 3.57. The summed E-state index contributed by atoms with van der Waals surface area (Å²) in [6.45, 7) is 1.13. The van der Waals surface area contributed by atoms with Crippen LogP contribution in [0.25, 0.3) is 0 Å². The maximum atomic E-state index is 5.98. The molecule has 0 saturated carbocycles. The van der Waals surface area contributed by atoms with Crippen molar-refractivity contribution < 1.29 is 0 Å². The standard InChI is InChI=1S/C11H15BrN2/c12-9-1-2-10-11-6(5-14-10)3-7(13)4-8(9)11/h1-2,4,6,8-11,14H,3,5,13H2. The highest BCUT2D eigenvalue weighted by molar-refractivity contribution is 9.09. The molecule has 0 radical (unpaired) electrons. The van der Waals surface area contributed by atoms with Crippen LogP contribution < -0.4 is 11.1 Å². The number of nitrogens with one attached hydrogen (secondary N) is 1. The highest BCUT2D eigenvalue weighted by Crippen LogP contribution is 2.44. The number of hydrogen-bond donors (Lipinski definition) is 2. The predicted octanol–water partition coefficient (Wildman–Crippen LogP) is 1.39. The predicted molar refractivity (Wildman–Crippen MR) is 61.0 cm³/mol. The lowest BCUT2D eigenvalue weighted by Crippen LogP contribution is -2.39. The van der Waals surface area contributed by atoms with E-state index in [1.54, 1.807) is 0 Å². The van der Waals surface area contributed by atoms with Crippen LogP contribution in [0.4, 0.5) is 0 Å². The number of rotatable bonds is 0. The summed E-state index contributed by atoms with van der Waals surface area (Å²) in [6.07, 6.45) is 7.93. The van der Waals surface area contributed by atoms with Gasteiger partial charge in [0.1, 0.15) is 0 Å². The summed E-state index contributed by atoms with van der Waals surface area (Å²) < 4.78 is 0. The number of halogens is 1. The summed E-state index contributed by atoms with van der Waals surface area (Å²) >= 11 is 3.73. The van der Waals surface area contributed by atoms with Crippen LogP contribution in [0.3, 0.4) is 0 Å². The van der Waals surface area contributed by atoms with E-state index in [1.165, 1.54) is 0 Å². The molecular weight excluding hydrogens is 240 g/mol. The van der Waals surface area contributed by atoms with Gasteiger partial charge in [0.05, 0.1) is 0 Å². The second-order valence-corrected chi connectivity index (χ2v) is 5.68. The van der Waals surface area contributed by atoms with Crippen molar-refractivity contribution in [2.75, 3.05) is 6.54 Å². The van der Waals surface area contributed by atoms with Gasteiger partial charge in [0.15, 0.2) is 0 Å². The molecule has 1 heterocycles. The fraction of sp³-hybridized carbons (Fsp3) is 0.636. The van der Waals surface area contributed by atoms with E-state index in [1.807, 2.05) is 0 Å². The monoisotopic (exact) mass is 254 g/mol. The Kier molecular flexibility index (Phi) is 1.99. The van der Waals surface area contributed by atoms with E-state index >= 15 is 0 Å². The van der Waals surface area contributed by atoms with Gasteiger partial charge in [-0.15, -0.1) is 0 Å². The first-order valence-electron chi connectivity index (χ1n) is 5.27. The molecule has 3 heteroatoms. The molecule has 0 spiro atoms. The first-order chi connectivity index (χ1) is 6.75. The summed E-state index contributed by atoms with van der Waals surface area (Å²) in [6, 6.07) is 0.586.